The van der Waals surface area contributed by atoms with Crippen molar-refractivity contribution < 1.29 is 9.53 Å². The maximum Gasteiger partial charge on any atom is 0.410 e. The summed E-state index contributed by atoms with van der Waals surface area (Å²) in [5.41, 5.74) is 5.48. The Morgan fingerprint density at radius 1 is 1.20 bits per heavy atom. The van der Waals surface area contributed by atoms with Gasteiger partial charge < -0.3 is 15.4 Å². The molecule has 2 aliphatic heterocycles. The van der Waals surface area contributed by atoms with Crippen LogP contribution in [0, 0.1) is 5.92 Å². The topological polar surface area (TPSA) is 58.8 Å². The fourth-order valence-electron chi connectivity index (χ4n) is 3.22. The van der Waals surface area contributed by atoms with Gasteiger partial charge in [0.2, 0.25) is 0 Å². The lowest BCUT2D eigenvalue weighted by molar-refractivity contribution is 0.0276. The van der Waals surface area contributed by atoms with Crippen LogP contribution in [0.25, 0.3) is 0 Å². The van der Waals surface area contributed by atoms with E-state index in [1.54, 1.807) is 0 Å². The maximum atomic E-state index is 12.2. The van der Waals surface area contributed by atoms with E-state index in [0.29, 0.717) is 18.5 Å². The number of nitrogens with zero attached hydrogens (tertiary/aromatic N) is 2. The summed E-state index contributed by atoms with van der Waals surface area (Å²) in [6.45, 7) is 10.1. The molecule has 0 aromatic rings. The van der Waals surface area contributed by atoms with Gasteiger partial charge in [-0.05, 0) is 53.2 Å². The summed E-state index contributed by atoms with van der Waals surface area (Å²) in [5, 5.41) is 0. The molecule has 2 rings (SSSR count). The summed E-state index contributed by atoms with van der Waals surface area (Å²) < 4.78 is 5.48. The third-order valence-corrected chi connectivity index (χ3v) is 4.22. The number of carbonyl (C=O) groups is 1. The van der Waals surface area contributed by atoms with E-state index < -0.39 is 5.60 Å². The number of likely N-dealkylation sites (tertiary alicyclic amines) is 2. The predicted octanol–water partition coefficient (Wildman–Crippen LogP) is 1.67. The van der Waals surface area contributed by atoms with Crippen LogP contribution >= 0.6 is 0 Å². The van der Waals surface area contributed by atoms with Gasteiger partial charge in [-0.15, -0.1) is 0 Å². The van der Waals surface area contributed by atoms with Crippen molar-refractivity contribution in [2.24, 2.45) is 11.7 Å². The molecule has 0 spiro atoms. The van der Waals surface area contributed by atoms with Gasteiger partial charge in [0.25, 0.3) is 0 Å². The SMILES string of the molecule is CC(C)(C)OC(=O)N1C[C@H](CN)[C@@H](N2CCCCC2)C1. The first kappa shape index (κ1) is 15.6. The normalized spacial score (nSPS) is 28.7. The second-order valence-corrected chi connectivity index (χ2v) is 7.05. The van der Waals surface area contributed by atoms with E-state index in [0.717, 1.165) is 26.2 Å². The van der Waals surface area contributed by atoms with Gasteiger partial charge in [-0.25, -0.2) is 4.79 Å². The van der Waals surface area contributed by atoms with E-state index in [2.05, 4.69) is 4.90 Å². The highest BCUT2D eigenvalue weighted by Crippen LogP contribution is 2.25. The van der Waals surface area contributed by atoms with Gasteiger partial charge >= 0.3 is 6.09 Å². The van der Waals surface area contributed by atoms with Gasteiger partial charge in [0.05, 0.1) is 0 Å². The number of amides is 1. The molecule has 2 atom stereocenters. The molecular formula is C15H29N3O2. The lowest BCUT2D eigenvalue weighted by Gasteiger charge is -2.34. The molecule has 1 amide bonds. The third-order valence-electron chi connectivity index (χ3n) is 4.22. The Bertz CT molecular complexity index is 335. The number of piperidine rings is 1. The Morgan fingerprint density at radius 2 is 1.85 bits per heavy atom. The first-order valence-corrected chi connectivity index (χ1v) is 7.83. The molecule has 0 unspecified atom stereocenters. The van der Waals surface area contributed by atoms with Crippen LogP contribution in [0.2, 0.25) is 0 Å². The molecule has 2 saturated heterocycles. The summed E-state index contributed by atoms with van der Waals surface area (Å²) in [6.07, 6.45) is 3.66. The van der Waals surface area contributed by atoms with Crippen LogP contribution in [0.15, 0.2) is 0 Å². The van der Waals surface area contributed by atoms with Crippen LogP contribution in [0.4, 0.5) is 4.79 Å². The molecule has 0 saturated carbocycles. The molecule has 2 aliphatic rings. The number of ether oxygens (including phenoxy) is 1. The monoisotopic (exact) mass is 283 g/mol. The lowest BCUT2D eigenvalue weighted by atomic mass is 9.99. The van der Waals surface area contributed by atoms with E-state index in [-0.39, 0.29) is 6.09 Å². The maximum absolute atomic E-state index is 12.2. The minimum atomic E-state index is -0.432. The van der Waals surface area contributed by atoms with Crippen molar-refractivity contribution in [1.82, 2.24) is 9.80 Å². The van der Waals surface area contributed by atoms with Crippen molar-refractivity contribution in [2.75, 3.05) is 32.7 Å². The van der Waals surface area contributed by atoms with Crippen LogP contribution in [0.3, 0.4) is 0 Å². The summed E-state index contributed by atoms with van der Waals surface area (Å²) in [5.74, 6) is 0.376. The average molecular weight is 283 g/mol. The molecule has 5 nitrogen and oxygen atoms in total. The van der Waals surface area contributed by atoms with Crippen molar-refractivity contribution in [1.29, 1.82) is 0 Å². The molecule has 116 valence electrons. The molecule has 0 aromatic heterocycles. The van der Waals surface area contributed by atoms with Gasteiger partial charge in [-0.3, -0.25) is 4.90 Å². The van der Waals surface area contributed by atoms with Crippen LogP contribution in [-0.4, -0.2) is 60.3 Å². The largest absolute Gasteiger partial charge is 0.444 e. The molecule has 2 N–H and O–H groups in total. The van der Waals surface area contributed by atoms with E-state index in [9.17, 15) is 4.79 Å². The summed E-state index contributed by atoms with van der Waals surface area (Å²) >= 11 is 0. The van der Waals surface area contributed by atoms with Gasteiger partial charge in [0, 0.05) is 25.0 Å². The van der Waals surface area contributed by atoms with E-state index >= 15 is 0 Å². The quantitative estimate of drug-likeness (QED) is 0.837. The molecule has 5 heteroatoms. The number of carbonyl (C=O) groups excluding carboxylic acids is 1. The Balaban J connectivity index is 1.96. The average Bonchev–Trinajstić information content (AvgIpc) is 2.82. The van der Waals surface area contributed by atoms with Crippen molar-refractivity contribution >= 4 is 6.09 Å². The zero-order valence-corrected chi connectivity index (χ0v) is 13.1. The number of rotatable bonds is 2. The standard InChI is InChI=1S/C15H29N3O2/c1-15(2,3)20-14(19)18-10-12(9-16)13(11-18)17-7-5-4-6-8-17/h12-13H,4-11,16H2,1-3H3/t12-,13-/m0/s1. The molecule has 0 aliphatic carbocycles. The van der Waals surface area contributed by atoms with Crippen LogP contribution < -0.4 is 5.73 Å². The van der Waals surface area contributed by atoms with Crippen molar-refractivity contribution in [2.45, 2.75) is 51.7 Å². The highest BCUT2D eigenvalue weighted by Gasteiger charge is 2.39. The van der Waals surface area contributed by atoms with Crippen LogP contribution in [0.5, 0.6) is 0 Å². The minimum absolute atomic E-state index is 0.199. The lowest BCUT2D eigenvalue weighted by Crippen LogP contribution is -2.45. The first-order chi connectivity index (χ1) is 9.40. The van der Waals surface area contributed by atoms with Crippen LogP contribution in [0.1, 0.15) is 40.0 Å². The van der Waals surface area contributed by atoms with Gasteiger partial charge in [0.1, 0.15) is 5.60 Å². The smallest absolute Gasteiger partial charge is 0.410 e. The fraction of sp³-hybridized carbons (Fsp3) is 0.933. The van der Waals surface area contributed by atoms with E-state index in [1.165, 1.54) is 19.3 Å². The van der Waals surface area contributed by atoms with E-state index in [1.807, 2.05) is 25.7 Å². The minimum Gasteiger partial charge on any atom is -0.444 e. The van der Waals surface area contributed by atoms with Gasteiger partial charge in [-0.1, -0.05) is 6.42 Å². The van der Waals surface area contributed by atoms with Crippen LogP contribution in [-0.2, 0) is 4.74 Å². The predicted molar refractivity (Wildman–Crippen MR) is 79.6 cm³/mol. The second-order valence-electron chi connectivity index (χ2n) is 7.05. The fourth-order valence-corrected chi connectivity index (χ4v) is 3.22. The van der Waals surface area contributed by atoms with Crippen molar-refractivity contribution in [3.05, 3.63) is 0 Å². The molecule has 2 fully saturated rings. The number of hydrogen-bond acceptors (Lipinski definition) is 4. The third kappa shape index (κ3) is 3.85. The molecular weight excluding hydrogens is 254 g/mol. The highest BCUT2D eigenvalue weighted by atomic mass is 16.6. The van der Waals surface area contributed by atoms with Crippen molar-refractivity contribution in [3.8, 4) is 0 Å². The summed E-state index contributed by atoms with van der Waals surface area (Å²) in [7, 11) is 0. The van der Waals surface area contributed by atoms with Gasteiger partial charge in [0.15, 0.2) is 0 Å². The molecule has 20 heavy (non-hydrogen) atoms. The zero-order valence-electron chi connectivity index (χ0n) is 13.1. The first-order valence-electron chi connectivity index (χ1n) is 7.83. The number of hydrogen-bond donors (Lipinski definition) is 1. The Morgan fingerprint density at radius 3 is 2.40 bits per heavy atom. The Kier molecular flexibility index (Phi) is 4.91. The summed E-state index contributed by atoms with van der Waals surface area (Å²) in [6, 6.07) is 0.410. The Labute approximate surface area is 122 Å². The molecule has 2 heterocycles. The second kappa shape index (κ2) is 6.31. The zero-order chi connectivity index (χ0) is 14.8. The van der Waals surface area contributed by atoms with Gasteiger partial charge in [-0.2, -0.15) is 0 Å². The van der Waals surface area contributed by atoms with Crippen molar-refractivity contribution in [3.63, 3.8) is 0 Å². The van der Waals surface area contributed by atoms with E-state index in [4.69, 9.17) is 10.5 Å². The number of nitrogens with two attached hydrogens (primary N) is 1. The molecule has 0 bridgehead atoms. The highest BCUT2D eigenvalue weighted by molar-refractivity contribution is 5.68. The summed E-state index contributed by atoms with van der Waals surface area (Å²) in [4.78, 5) is 16.5. The molecule has 0 aromatic carbocycles. The Hall–Kier alpha value is -0.810. The molecule has 0 radical (unpaired) electrons.